The minimum absolute atomic E-state index is 0.137. The van der Waals surface area contributed by atoms with Crippen LogP contribution in [0, 0.1) is 6.92 Å². The van der Waals surface area contributed by atoms with Gasteiger partial charge in [-0.15, -0.1) is 0 Å². The summed E-state index contributed by atoms with van der Waals surface area (Å²) in [5.74, 6) is 2.25. The zero-order chi connectivity index (χ0) is 14.1. The van der Waals surface area contributed by atoms with Crippen LogP contribution in [0.4, 0.5) is 5.82 Å². The minimum atomic E-state index is 0.137. The molecule has 20 heavy (non-hydrogen) atoms. The number of aryl methyl sites for hydroxylation is 1. The van der Waals surface area contributed by atoms with Crippen molar-refractivity contribution in [3.05, 3.63) is 17.6 Å². The molecule has 1 N–H and O–H groups in total. The van der Waals surface area contributed by atoms with Crippen LogP contribution in [0.2, 0.25) is 0 Å². The number of carbonyl (C=O) groups is 1. The molecule has 1 aromatic rings. The van der Waals surface area contributed by atoms with Crippen molar-refractivity contribution in [2.75, 3.05) is 18.4 Å². The second kappa shape index (κ2) is 5.38. The maximum Gasteiger partial charge on any atom is 0.219 e. The van der Waals surface area contributed by atoms with E-state index in [2.05, 4.69) is 15.3 Å². The van der Waals surface area contributed by atoms with Crippen molar-refractivity contribution in [3.8, 4) is 0 Å². The maximum absolute atomic E-state index is 11.2. The van der Waals surface area contributed by atoms with E-state index in [4.69, 9.17) is 0 Å². The maximum atomic E-state index is 11.2. The lowest BCUT2D eigenvalue weighted by Gasteiger charge is -2.37. The molecular formula is C15H22N4O. The van der Waals surface area contributed by atoms with Crippen molar-refractivity contribution in [2.45, 2.75) is 51.5 Å². The number of likely N-dealkylation sites (tertiary alicyclic amines) is 1. The average Bonchev–Trinajstić information content (AvgIpc) is 2.78. The molecule has 1 aromatic heterocycles. The summed E-state index contributed by atoms with van der Waals surface area (Å²) in [6.07, 6.45) is 5.09. The van der Waals surface area contributed by atoms with E-state index in [0.29, 0.717) is 12.0 Å². The number of hydrogen-bond donors (Lipinski definition) is 1. The molecule has 0 atom stereocenters. The second-order valence-electron chi connectivity index (χ2n) is 6.00. The molecule has 5 heteroatoms. The first-order chi connectivity index (χ1) is 9.61. The molecule has 0 bridgehead atoms. The second-order valence-corrected chi connectivity index (χ2v) is 6.00. The van der Waals surface area contributed by atoms with Crippen molar-refractivity contribution in [1.29, 1.82) is 0 Å². The summed E-state index contributed by atoms with van der Waals surface area (Å²) in [7, 11) is 0. The van der Waals surface area contributed by atoms with Gasteiger partial charge < -0.3 is 10.2 Å². The third-order valence-electron chi connectivity index (χ3n) is 4.27. The van der Waals surface area contributed by atoms with Gasteiger partial charge in [0.2, 0.25) is 5.91 Å². The lowest BCUT2D eigenvalue weighted by Crippen LogP contribution is -2.48. The van der Waals surface area contributed by atoms with Crippen molar-refractivity contribution in [2.24, 2.45) is 0 Å². The molecular weight excluding hydrogens is 252 g/mol. The molecule has 0 spiro atoms. The van der Waals surface area contributed by atoms with Gasteiger partial charge in [-0.1, -0.05) is 12.8 Å². The molecule has 1 saturated carbocycles. The quantitative estimate of drug-likeness (QED) is 0.917. The Morgan fingerprint density at radius 3 is 2.65 bits per heavy atom. The molecule has 0 radical (unpaired) electrons. The van der Waals surface area contributed by atoms with Gasteiger partial charge in [-0.3, -0.25) is 4.79 Å². The number of nitrogens with one attached hydrogen (secondary N) is 1. The van der Waals surface area contributed by atoms with Crippen molar-refractivity contribution < 1.29 is 4.79 Å². The van der Waals surface area contributed by atoms with Crippen LogP contribution in [0.3, 0.4) is 0 Å². The van der Waals surface area contributed by atoms with E-state index in [0.717, 1.165) is 30.4 Å². The molecule has 2 aliphatic rings. The Kier molecular flexibility index (Phi) is 3.59. The van der Waals surface area contributed by atoms with Gasteiger partial charge in [0, 0.05) is 37.8 Å². The van der Waals surface area contributed by atoms with Gasteiger partial charge in [-0.2, -0.15) is 0 Å². The van der Waals surface area contributed by atoms with Crippen LogP contribution in [0.25, 0.3) is 0 Å². The van der Waals surface area contributed by atoms with Crippen molar-refractivity contribution in [3.63, 3.8) is 0 Å². The Labute approximate surface area is 119 Å². The van der Waals surface area contributed by atoms with Crippen LogP contribution in [0.1, 0.15) is 50.0 Å². The topological polar surface area (TPSA) is 58.1 Å². The van der Waals surface area contributed by atoms with Crippen LogP contribution in [-0.2, 0) is 4.79 Å². The lowest BCUT2D eigenvalue weighted by atomic mass is 9.99. The molecule has 108 valence electrons. The molecule has 2 fully saturated rings. The highest BCUT2D eigenvalue weighted by molar-refractivity contribution is 5.74. The molecule has 1 aliphatic heterocycles. The molecule has 1 saturated heterocycles. The Hall–Kier alpha value is -1.65. The van der Waals surface area contributed by atoms with Crippen molar-refractivity contribution >= 4 is 11.7 Å². The third-order valence-corrected chi connectivity index (χ3v) is 4.27. The number of nitrogens with zero attached hydrogens (tertiary/aromatic N) is 3. The Morgan fingerprint density at radius 1 is 1.30 bits per heavy atom. The zero-order valence-electron chi connectivity index (χ0n) is 12.2. The Bertz CT molecular complexity index is 505. The fourth-order valence-electron chi connectivity index (χ4n) is 3.03. The van der Waals surface area contributed by atoms with Crippen LogP contribution in [0.5, 0.6) is 0 Å². The normalized spacial score (nSPS) is 20.0. The number of amides is 1. The average molecular weight is 274 g/mol. The summed E-state index contributed by atoms with van der Waals surface area (Å²) in [6.45, 7) is 5.12. The predicted octanol–water partition coefficient (Wildman–Crippen LogP) is 2.09. The van der Waals surface area contributed by atoms with Crippen LogP contribution >= 0.6 is 0 Å². The zero-order valence-corrected chi connectivity index (χ0v) is 12.2. The molecule has 0 aromatic carbocycles. The first-order valence-corrected chi connectivity index (χ1v) is 7.49. The predicted molar refractivity (Wildman–Crippen MR) is 77.6 cm³/mol. The lowest BCUT2D eigenvalue weighted by molar-refractivity contribution is -0.133. The number of anilines is 1. The number of rotatable bonds is 3. The highest BCUT2D eigenvalue weighted by Crippen LogP contribution is 2.27. The van der Waals surface area contributed by atoms with E-state index in [1.54, 1.807) is 6.92 Å². The standard InChI is InChI=1S/C15H22N4O/c1-10-7-14(17-13-5-3-4-6-13)18-15(16-10)12-8-19(9-12)11(2)20/h7,12-13H,3-6,8-9H2,1-2H3,(H,16,17,18). The smallest absolute Gasteiger partial charge is 0.219 e. The van der Waals surface area contributed by atoms with E-state index in [9.17, 15) is 4.79 Å². The summed E-state index contributed by atoms with van der Waals surface area (Å²) in [5.41, 5.74) is 0.997. The van der Waals surface area contributed by atoms with Gasteiger partial charge in [0.25, 0.3) is 0 Å². The van der Waals surface area contributed by atoms with Gasteiger partial charge in [-0.25, -0.2) is 9.97 Å². The van der Waals surface area contributed by atoms with Crippen LogP contribution in [0.15, 0.2) is 6.07 Å². The SMILES string of the molecule is CC(=O)N1CC(c2nc(C)cc(NC3CCCC3)n2)C1. The monoisotopic (exact) mass is 274 g/mol. The fourth-order valence-corrected chi connectivity index (χ4v) is 3.03. The number of carbonyl (C=O) groups excluding carboxylic acids is 1. The minimum Gasteiger partial charge on any atom is -0.367 e. The third kappa shape index (κ3) is 2.76. The van der Waals surface area contributed by atoms with Gasteiger partial charge in [0.1, 0.15) is 11.6 Å². The Morgan fingerprint density at radius 2 is 2.00 bits per heavy atom. The molecule has 1 aliphatic carbocycles. The van der Waals surface area contributed by atoms with E-state index in [-0.39, 0.29) is 5.91 Å². The first kappa shape index (κ1) is 13.3. The molecule has 5 nitrogen and oxygen atoms in total. The number of aromatic nitrogens is 2. The van der Waals surface area contributed by atoms with E-state index >= 15 is 0 Å². The largest absolute Gasteiger partial charge is 0.367 e. The van der Waals surface area contributed by atoms with Crippen LogP contribution < -0.4 is 5.32 Å². The summed E-state index contributed by atoms with van der Waals surface area (Å²) in [6, 6.07) is 2.58. The summed E-state index contributed by atoms with van der Waals surface area (Å²) >= 11 is 0. The first-order valence-electron chi connectivity index (χ1n) is 7.49. The summed E-state index contributed by atoms with van der Waals surface area (Å²) in [4.78, 5) is 22.3. The van der Waals surface area contributed by atoms with Crippen molar-refractivity contribution in [1.82, 2.24) is 14.9 Å². The Balaban J connectivity index is 1.69. The highest BCUT2D eigenvalue weighted by atomic mass is 16.2. The summed E-state index contributed by atoms with van der Waals surface area (Å²) in [5, 5.41) is 3.53. The van der Waals surface area contributed by atoms with E-state index < -0.39 is 0 Å². The van der Waals surface area contributed by atoms with Gasteiger partial charge in [0.15, 0.2) is 0 Å². The summed E-state index contributed by atoms with van der Waals surface area (Å²) < 4.78 is 0. The van der Waals surface area contributed by atoms with E-state index in [1.807, 2.05) is 17.9 Å². The molecule has 0 unspecified atom stereocenters. The fraction of sp³-hybridized carbons (Fsp3) is 0.667. The van der Waals surface area contributed by atoms with Gasteiger partial charge in [0.05, 0.1) is 5.92 Å². The van der Waals surface area contributed by atoms with Gasteiger partial charge in [-0.05, 0) is 19.8 Å². The highest BCUT2D eigenvalue weighted by Gasteiger charge is 2.32. The molecule has 2 heterocycles. The molecule has 3 rings (SSSR count). The van der Waals surface area contributed by atoms with Gasteiger partial charge >= 0.3 is 0 Å². The molecule has 1 amide bonds. The van der Waals surface area contributed by atoms with E-state index in [1.165, 1.54) is 25.7 Å². The number of hydrogen-bond acceptors (Lipinski definition) is 4. The van der Waals surface area contributed by atoms with Crippen LogP contribution in [-0.4, -0.2) is 39.9 Å².